The molecular formula is C29H23F3N2O3S. The smallest absolute Gasteiger partial charge is 0.416 e. The number of thiophene rings is 1. The van der Waals surface area contributed by atoms with Crippen LogP contribution in [0.2, 0.25) is 0 Å². The van der Waals surface area contributed by atoms with Crippen molar-refractivity contribution in [3.05, 3.63) is 111 Å². The summed E-state index contributed by atoms with van der Waals surface area (Å²) in [4.78, 5) is 28.7. The van der Waals surface area contributed by atoms with Crippen molar-refractivity contribution in [1.29, 1.82) is 0 Å². The average Bonchev–Trinajstić information content (AvgIpc) is 3.41. The first-order chi connectivity index (χ1) is 18.2. The van der Waals surface area contributed by atoms with Gasteiger partial charge in [0.05, 0.1) is 11.1 Å². The first kappa shape index (κ1) is 25.7. The van der Waals surface area contributed by atoms with Crippen LogP contribution in [0.1, 0.15) is 38.0 Å². The molecule has 0 fully saturated rings. The second kappa shape index (κ2) is 10.4. The third-order valence-corrected chi connectivity index (χ3v) is 7.39. The van der Waals surface area contributed by atoms with Crippen LogP contribution in [-0.2, 0) is 23.9 Å². The van der Waals surface area contributed by atoms with E-state index in [1.54, 1.807) is 53.8 Å². The third kappa shape index (κ3) is 5.34. The van der Waals surface area contributed by atoms with E-state index in [-0.39, 0.29) is 5.56 Å². The number of benzene rings is 3. The number of amides is 1. The lowest BCUT2D eigenvalue weighted by Crippen LogP contribution is -2.41. The number of nitrogens with zero attached hydrogens (tertiary/aromatic N) is 1. The van der Waals surface area contributed by atoms with E-state index in [0.29, 0.717) is 36.4 Å². The Morgan fingerprint density at radius 2 is 1.76 bits per heavy atom. The second-order valence-corrected chi connectivity index (χ2v) is 10.0. The van der Waals surface area contributed by atoms with E-state index in [1.807, 2.05) is 22.4 Å². The first-order valence-electron chi connectivity index (χ1n) is 11.9. The predicted molar refractivity (Wildman–Crippen MR) is 139 cm³/mol. The fraction of sp³-hybridized carbons (Fsp3) is 0.172. The van der Waals surface area contributed by atoms with Crippen molar-refractivity contribution in [3.8, 4) is 16.9 Å². The highest BCUT2D eigenvalue weighted by molar-refractivity contribution is 7.09. The van der Waals surface area contributed by atoms with Crippen LogP contribution in [0, 0.1) is 0 Å². The number of primary amides is 1. The summed E-state index contributed by atoms with van der Waals surface area (Å²) in [7, 11) is 0. The maximum absolute atomic E-state index is 13.1. The Kier molecular flexibility index (Phi) is 7.05. The van der Waals surface area contributed by atoms with Crippen LogP contribution in [0.5, 0.6) is 5.75 Å². The summed E-state index contributed by atoms with van der Waals surface area (Å²) >= 11 is 1.62. The third-order valence-electron chi connectivity index (χ3n) is 6.53. The zero-order chi connectivity index (χ0) is 26.9. The number of carbonyl (C=O) groups is 2. The standard InChI is InChI=1S/C29H23F3N2O3S/c30-29(31,32)20-9-7-18(8-10-20)23-5-1-2-6-25(23)28(36)37-21-11-12-24-19(16-21)13-14-34(26(24)27(33)35)17-22-4-3-15-38-22/h1-12,15-16,26H,13-14,17H2,(H2,33,35). The number of hydrogen-bond acceptors (Lipinski definition) is 5. The summed E-state index contributed by atoms with van der Waals surface area (Å²) in [5, 5.41) is 1.99. The number of rotatable bonds is 6. The van der Waals surface area contributed by atoms with Crippen molar-refractivity contribution in [1.82, 2.24) is 4.90 Å². The number of nitrogens with two attached hydrogens (primary N) is 1. The summed E-state index contributed by atoms with van der Waals surface area (Å²) in [5.41, 5.74) is 7.81. The number of ether oxygens (including phenoxy) is 1. The molecule has 5 nitrogen and oxygen atoms in total. The number of alkyl halides is 3. The maximum atomic E-state index is 13.1. The fourth-order valence-corrected chi connectivity index (χ4v) is 5.47. The average molecular weight is 537 g/mol. The predicted octanol–water partition coefficient (Wildman–Crippen LogP) is 6.24. The zero-order valence-electron chi connectivity index (χ0n) is 20.1. The van der Waals surface area contributed by atoms with Crippen LogP contribution in [0.25, 0.3) is 11.1 Å². The fourth-order valence-electron chi connectivity index (χ4n) is 4.74. The monoisotopic (exact) mass is 536 g/mol. The quantitative estimate of drug-likeness (QED) is 0.234. The normalized spacial score (nSPS) is 15.6. The largest absolute Gasteiger partial charge is 0.423 e. The topological polar surface area (TPSA) is 72.6 Å². The highest BCUT2D eigenvalue weighted by Crippen LogP contribution is 2.35. The van der Waals surface area contributed by atoms with Crippen molar-refractivity contribution >= 4 is 23.2 Å². The summed E-state index contributed by atoms with van der Waals surface area (Å²) in [6, 6.07) is 19.7. The molecule has 194 valence electrons. The summed E-state index contributed by atoms with van der Waals surface area (Å²) in [6.07, 6.45) is -3.80. The van der Waals surface area contributed by atoms with Crippen LogP contribution in [-0.4, -0.2) is 23.3 Å². The van der Waals surface area contributed by atoms with Crippen LogP contribution in [0.3, 0.4) is 0 Å². The van der Waals surface area contributed by atoms with Gasteiger partial charge in [0.25, 0.3) is 0 Å². The molecule has 1 aliphatic heterocycles. The Labute approximate surface area is 221 Å². The molecule has 1 amide bonds. The molecule has 38 heavy (non-hydrogen) atoms. The number of halogens is 3. The van der Waals surface area contributed by atoms with E-state index >= 15 is 0 Å². The van der Waals surface area contributed by atoms with Gasteiger partial charge in [-0.25, -0.2) is 4.79 Å². The lowest BCUT2D eigenvalue weighted by atomic mass is 9.91. The molecule has 2 heterocycles. The molecule has 1 unspecified atom stereocenters. The Morgan fingerprint density at radius 1 is 1.00 bits per heavy atom. The lowest BCUT2D eigenvalue weighted by molar-refractivity contribution is -0.137. The summed E-state index contributed by atoms with van der Waals surface area (Å²) in [6.45, 7) is 1.23. The van der Waals surface area contributed by atoms with Gasteiger partial charge in [0.2, 0.25) is 5.91 Å². The molecule has 1 aromatic heterocycles. The molecule has 0 aliphatic carbocycles. The molecule has 0 bridgehead atoms. The molecule has 1 aliphatic rings. The molecule has 0 radical (unpaired) electrons. The molecule has 4 aromatic rings. The van der Waals surface area contributed by atoms with Gasteiger partial charge in [-0.3, -0.25) is 9.69 Å². The molecule has 9 heteroatoms. The van der Waals surface area contributed by atoms with Gasteiger partial charge < -0.3 is 10.5 Å². The molecule has 3 aromatic carbocycles. The van der Waals surface area contributed by atoms with Gasteiger partial charge in [-0.15, -0.1) is 11.3 Å². The number of esters is 1. The zero-order valence-corrected chi connectivity index (χ0v) is 20.9. The van der Waals surface area contributed by atoms with E-state index in [1.165, 1.54) is 12.1 Å². The SMILES string of the molecule is NC(=O)C1c2ccc(OC(=O)c3ccccc3-c3ccc(C(F)(F)F)cc3)cc2CCN1Cc1cccs1. The van der Waals surface area contributed by atoms with Gasteiger partial charge in [0, 0.05) is 18.0 Å². The van der Waals surface area contributed by atoms with Crippen LogP contribution < -0.4 is 10.5 Å². The molecule has 0 saturated heterocycles. The highest BCUT2D eigenvalue weighted by atomic mass is 32.1. The van der Waals surface area contributed by atoms with Gasteiger partial charge in [0.1, 0.15) is 11.8 Å². The maximum Gasteiger partial charge on any atom is 0.416 e. The number of hydrogen-bond donors (Lipinski definition) is 1. The van der Waals surface area contributed by atoms with Gasteiger partial charge in [0.15, 0.2) is 0 Å². The Morgan fingerprint density at radius 3 is 2.45 bits per heavy atom. The van der Waals surface area contributed by atoms with Gasteiger partial charge in [-0.05, 0) is 70.5 Å². The minimum Gasteiger partial charge on any atom is -0.423 e. The van der Waals surface area contributed by atoms with E-state index in [4.69, 9.17) is 10.5 Å². The molecule has 0 saturated carbocycles. The highest BCUT2D eigenvalue weighted by Gasteiger charge is 2.32. The van der Waals surface area contributed by atoms with Crippen molar-refractivity contribution in [2.24, 2.45) is 5.73 Å². The molecular weight excluding hydrogens is 513 g/mol. The van der Waals surface area contributed by atoms with Gasteiger partial charge in [-0.2, -0.15) is 13.2 Å². The summed E-state index contributed by atoms with van der Waals surface area (Å²) < 4.78 is 44.6. The van der Waals surface area contributed by atoms with E-state index in [0.717, 1.165) is 28.1 Å². The Hall–Kier alpha value is -3.95. The van der Waals surface area contributed by atoms with Crippen LogP contribution >= 0.6 is 11.3 Å². The summed E-state index contributed by atoms with van der Waals surface area (Å²) in [5.74, 6) is -0.773. The second-order valence-electron chi connectivity index (χ2n) is 8.98. The number of carbonyl (C=O) groups excluding carboxylic acids is 2. The minimum absolute atomic E-state index is 0.224. The first-order valence-corrected chi connectivity index (χ1v) is 12.8. The Balaban J connectivity index is 1.37. The molecule has 0 spiro atoms. The van der Waals surface area contributed by atoms with E-state index in [2.05, 4.69) is 0 Å². The molecule has 5 rings (SSSR count). The Bertz CT molecular complexity index is 1470. The van der Waals surface area contributed by atoms with E-state index in [9.17, 15) is 22.8 Å². The van der Waals surface area contributed by atoms with Crippen molar-refractivity contribution in [2.75, 3.05) is 6.54 Å². The van der Waals surface area contributed by atoms with Crippen LogP contribution in [0.15, 0.2) is 84.2 Å². The lowest BCUT2D eigenvalue weighted by Gasteiger charge is -2.35. The van der Waals surface area contributed by atoms with E-state index < -0.39 is 29.7 Å². The van der Waals surface area contributed by atoms with Gasteiger partial charge >= 0.3 is 12.1 Å². The van der Waals surface area contributed by atoms with Crippen molar-refractivity contribution in [2.45, 2.75) is 25.2 Å². The van der Waals surface area contributed by atoms with Crippen molar-refractivity contribution < 1.29 is 27.5 Å². The molecule has 1 atom stereocenters. The van der Waals surface area contributed by atoms with Crippen LogP contribution in [0.4, 0.5) is 13.2 Å². The van der Waals surface area contributed by atoms with Crippen molar-refractivity contribution in [3.63, 3.8) is 0 Å². The number of fused-ring (bicyclic) bond motifs is 1. The minimum atomic E-state index is -4.45. The van der Waals surface area contributed by atoms with Gasteiger partial charge in [-0.1, -0.05) is 42.5 Å². The molecule has 2 N–H and O–H groups in total.